The van der Waals surface area contributed by atoms with Crippen molar-refractivity contribution in [3.05, 3.63) is 152 Å². The van der Waals surface area contributed by atoms with Crippen LogP contribution in [-0.2, 0) is 0 Å². The molecule has 0 saturated heterocycles. The second-order valence-corrected chi connectivity index (χ2v) is 8.72. The van der Waals surface area contributed by atoms with Gasteiger partial charge in [-0.05, 0) is 41.0 Å². The van der Waals surface area contributed by atoms with E-state index in [9.17, 15) is 0 Å². The Morgan fingerprint density at radius 2 is 0.514 bits per heavy atom. The first-order valence-electron chi connectivity index (χ1n) is 12.2. The van der Waals surface area contributed by atoms with Gasteiger partial charge >= 0.3 is 11.5 Å². The van der Waals surface area contributed by atoms with Crippen LogP contribution in [0.1, 0.15) is 0 Å². The van der Waals surface area contributed by atoms with E-state index >= 15 is 0 Å². The predicted octanol–water partition coefficient (Wildman–Crippen LogP) is 6.90. The molecule has 0 radical (unpaired) electrons. The third-order valence-corrected chi connectivity index (χ3v) is 6.42. The van der Waals surface area contributed by atoms with Gasteiger partial charge in [0.05, 0.1) is 22.3 Å². The average Bonchev–Trinajstić information content (AvgIpc) is 2.98. The van der Waals surface area contributed by atoms with Crippen LogP contribution in [0.4, 0.5) is 0 Å². The van der Waals surface area contributed by atoms with Crippen LogP contribution in [0.15, 0.2) is 156 Å². The summed E-state index contributed by atoms with van der Waals surface area (Å²) in [5.41, 5.74) is 8.83. The Labute approximate surface area is 228 Å². The Bertz CT molecular complexity index is 1480. The van der Waals surface area contributed by atoms with E-state index in [1.54, 1.807) is 0 Å². The van der Waals surface area contributed by atoms with Crippen molar-refractivity contribution in [1.82, 2.24) is 0 Å². The van der Waals surface area contributed by atoms with Gasteiger partial charge in [-0.2, -0.15) is 0 Å². The van der Waals surface area contributed by atoms with E-state index in [1.807, 2.05) is 12.1 Å². The molecule has 0 fully saturated rings. The lowest BCUT2D eigenvalue weighted by Crippen LogP contribution is -3.00. The van der Waals surface area contributed by atoms with Gasteiger partial charge in [0, 0.05) is 5.56 Å². The van der Waals surface area contributed by atoms with Crippen LogP contribution < -0.4 is 17.0 Å². The minimum Gasteiger partial charge on any atom is -1.00 e. The molecule has 0 unspecified atom stereocenters. The Morgan fingerprint density at radius 1 is 0.270 bits per heavy atom. The Balaban J connectivity index is 0.00000280. The fraction of sp³-hybridized carbons (Fsp3) is 0. The van der Waals surface area contributed by atoms with Crippen LogP contribution in [0.5, 0.6) is 0 Å². The first-order valence-corrected chi connectivity index (χ1v) is 12.2. The molecule has 6 rings (SSSR count). The minimum absolute atomic E-state index is 0. The standard InChI is InChI=1S/C35H25O.BrH/c1-6-16-26(17-7-1)31-32(27-18-8-2-9-19-27)34(29-22-12-4-13-23-29)36-35(30-24-14-5-15-25-30)33(31)28-20-10-3-11-21-28;/h1-25H;1H/q+1;/p-1. The molecule has 1 heterocycles. The van der Waals surface area contributed by atoms with Crippen molar-refractivity contribution in [1.29, 1.82) is 0 Å². The summed E-state index contributed by atoms with van der Waals surface area (Å²) in [6.07, 6.45) is 0. The second kappa shape index (κ2) is 11.2. The molecule has 2 heteroatoms. The van der Waals surface area contributed by atoms with Crippen LogP contribution in [0.2, 0.25) is 0 Å². The van der Waals surface area contributed by atoms with Gasteiger partial charge in [0.15, 0.2) is 0 Å². The van der Waals surface area contributed by atoms with E-state index in [2.05, 4.69) is 140 Å². The summed E-state index contributed by atoms with van der Waals surface area (Å²) in [6.45, 7) is 0. The average molecular weight is 541 g/mol. The molecule has 0 saturated carbocycles. The lowest BCUT2D eigenvalue weighted by molar-refractivity contribution is -0.00000726. The summed E-state index contributed by atoms with van der Waals surface area (Å²) in [5.74, 6) is 1.72. The lowest BCUT2D eigenvalue weighted by Gasteiger charge is -2.16. The summed E-state index contributed by atoms with van der Waals surface area (Å²) in [4.78, 5) is 0. The predicted molar refractivity (Wildman–Crippen MR) is 150 cm³/mol. The van der Waals surface area contributed by atoms with Gasteiger partial charge in [-0.15, -0.1) is 0 Å². The van der Waals surface area contributed by atoms with Crippen molar-refractivity contribution in [2.24, 2.45) is 0 Å². The maximum atomic E-state index is 6.98. The van der Waals surface area contributed by atoms with Gasteiger partial charge in [0.2, 0.25) is 0 Å². The molecule has 0 bridgehead atoms. The van der Waals surface area contributed by atoms with Crippen molar-refractivity contribution >= 4 is 0 Å². The van der Waals surface area contributed by atoms with Crippen LogP contribution in [-0.4, -0.2) is 0 Å². The highest BCUT2D eigenvalue weighted by atomic mass is 79.9. The number of rotatable bonds is 5. The van der Waals surface area contributed by atoms with Crippen molar-refractivity contribution in [2.45, 2.75) is 0 Å². The monoisotopic (exact) mass is 540 g/mol. The summed E-state index contributed by atoms with van der Waals surface area (Å²) in [5, 5.41) is 0. The number of hydrogen-bond acceptors (Lipinski definition) is 0. The van der Waals surface area contributed by atoms with Crippen LogP contribution >= 0.6 is 0 Å². The van der Waals surface area contributed by atoms with Crippen molar-refractivity contribution in [3.63, 3.8) is 0 Å². The van der Waals surface area contributed by atoms with E-state index in [4.69, 9.17) is 4.42 Å². The molecule has 0 aliphatic carbocycles. The molecule has 37 heavy (non-hydrogen) atoms. The molecule has 1 aromatic heterocycles. The molecular weight excluding hydrogens is 516 g/mol. The first kappa shape index (κ1) is 24.4. The summed E-state index contributed by atoms with van der Waals surface area (Å²) in [6, 6.07) is 52.6. The summed E-state index contributed by atoms with van der Waals surface area (Å²) in [7, 11) is 0. The van der Waals surface area contributed by atoms with Gasteiger partial charge in [-0.1, -0.05) is 127 Å². The second-order valence-electron chi connectivity index (χ2n) is 8.72. The maximum Gasteiger partial charge on any atom is 0.369 e. The highest BCUT2D eigenvalue weighted by Gasteiger charge is 2.34. The summed E-state index contributed by atoms with van der Waals surface area (Å²) >= 11 is 0. The molecule has 6 aromatic rings. The zero-order chi connectivity index (χ0) is 24.2. The van der Waals surface area contributed by atoms with Gasteiger partial charge < -0.3 is 17.0 Å². The molecule has 1 nitrogen and oxygen atoms in total. The smallest absolute Gasteiger partial charge is 0.369 e. The fourth-order valence-corrected chi connectivity index (χ4v) is 4.80. The highest BCUT2D eigenvalue weighted by molar-refractivity contribution is 6.03. The molecule has 5 aromatic carbocycles. The quantitative estimate of drug-likeness (QED) is 0.216. The normalized spacial score (nSPS) is 10.5. The van der Waals surface area contributed by atoms with Crippen molar-refractivity contribution in [3.8, 4) is 56.0 Å². The lowest BCUT2D eigenvalue weighted by atomic mass is 9.84. The van der Waals surface area contributed by atoms with E-state index in [1.165, 1.54) is 0 Å². The van der Waals surface area contributed by atoms with Crippen molar-refractivity contribution in [2.75, 3.05) is 0 Å². The highest BCUT2D eigenvalue weighted by Crippen LogP contribution is 2.50. The van der Waals surface area contributed by atoms with Crippen molar-refractivity contribution < 1.29 is 21.4 Å². The van der Waals surface area contributed by atoms with E-state index in [-0.39, 0.29) is 17.0 Å². The van der Waals surface area contributed by atoms with E-state index in [0.29, 0.717) is 0 Å². The molecule has 0 spiro atoms. The third kappa shape index (κ3) is 4.89. The van der Waals surface area contributed by atoms with Gasteiger partial charge in [0.25, 0.3) is 0 Å². The molecule has 0 N–H and O–H groups in total. The molecule has 0 amide bonds. The molecule has 0 atom stereocenters. The van der Waals surface area contributed by atoms with Crippen LogP contribution in [0, 0.1) is 0 Å². The van der Waals surface area contributed by atoms with E-state index in [0.717, 1.165) is 56.0 Å². The van der Waals surface area contributed by atoms with Gasteiger partial charge in [-0.3, -0.25) is 0 Å². The maximum absolute atomic E-state index is 6.98. The summed E-state index contributed by atoms with van der Waals surface area (Å²) < 4.78 is 6.98. The molecule has 0 aliphatic heterocycles. The van der Waals surface area contributed by atoms with Gasteiger partial charge in [0.1, 0.15) is 0 Å². The first-order chi connectivity index (χ1) is 17.9. The van der Waals surface area contributed by atoms with Crippen LogP contribution in [0.25, 0.3) is 56.0 Å². The Morgan fingerprint density at radius 3 is 0.811 bits per heavy atom. The zero-order valence-corrected chi connectivity index (χ0v) is 21.8. The topological polar surface area (TPSA) is 11.3 Å². The largest absolute Gasteiger partial charge is 1.00 e. The Hall–Kier alpha value is -4.27. The molecule has 178 valence electrons. The minimum atomic E-state index is 0. The number of hydrogen-bond donors (Lipinski definition) is 0. The number of halogens is 1. The van der Waals surface area contributed by atoms with E-state index < -0.39 is 0 Å². The van der Waals surface area contributed by atoms with Crippen LogP contribution in [0.3, 0.4) is 0 Å². The fourth-order valence-electron chi connectivity index (χ4n) is 4.80. The Kier molecular flexibility index (Phi) is 7.39. The number of benzene rings is 5. The SMILES string of the molecule is [Br-].c1ccc(-c2[o+]c(-c3ccccc3)c(-c3ccccc3)c(-c3ccccc3)c2-c2ccccc2)cc1. The molecule has 0 aliphatic rings. The third-order valence-electron chi connectivity index (χ3n) is 6.42. The molecular formula is C35H25BrO. The van der Waals surface area contributed by atoms with Gasteiger partial charge in [-0.25, -0.2) is 4.42 Å². The zero-order valence-electron chi connectivity index (χ0n) is 20.2.